The Hall–Kier alpha value is -6.76. The maximum absolute atomic E-state index is 14.1. The van der Waals surface area contributed by atoms with Crippen molar-refractivity contribution in [2.45, 2.75) is 83.0 Å². The average Bonchev–Trinajstić information content (AvgIpc) is 4.16. The Labute approximate surface area is 367 Å². The number of methoxy groups -OCH3 is 2. The fraction of sp³-hybridized carbons (Fsp3) is 0.360. The molecule has 5 aromatic rings. The normalized spacial score (nSPS) is 18.5. The molecule has 0 spiro atoms. The van der Waals surface area contributed by atoms with Crippen molar-refractivity contribution in [2.24, 2.45) is 10.9 Å². The van der Waals surface area contributed by atoms with Crippen LogP contribution in [0.1, 0.15) is 79.7 Å². The maximum atomic E-state index is 14.1. The lowest BCUT2D eigenvalue weighted by Crippen LogP contribution is -2.51. The molecule has 9 rings (SSSR count). The van der Waals surface area contributed by atoms with Gasteiger partial charge in [0.15, 0.2) is 0 Å². The van der Waals surface area contributed by atoms with Crippen LogP contribution in [0.5, 0.6) is 0 Å². The average molecular weight is 848 g/mol. The second-order valence-corrected chi connectivity index (χ2v) is 17.3. The summed E-state index contributed by atoms with van der Waals surface area (Å²) in [5.74, 6) is 0.358. The van der Waals surface area contributed by atoms with Gasteiger partial charge in [0, 0.05) is 25.2 Å². The Morgan fingerprint density at radius 3 is 2.00 bits per heavy atom. The summed E-state index contributed by atoms with van der Waals surface area (Å²) in [4.78, 5) is 69.1. The van der Waals surface area contributed by atoms with Crippen LogP contribution in [0.25, 0.3) is 33.5 Å². The van der Waals surface area contributed by atoms with Gasteiger partial charge in [-0.3, -0.25) is 14.6 Å². The molecule has 13 nitrogen and oxygen atoms in total. The van der Waals surface area contributed by atoms with E-state index >= 15 is 0 Å². The van der Waals surface area contributed by atoms with Gasteiger partial charge in [0.25, 0.3) is 0 Å². The van der Waals surface area contributed by atoms with Gasteiger partial charge in [-0.05, 0) is 113 Å². The van der Waals surface area contributed by atoms with Crippen molar-refractivity contribution in [3.8, 4) is 33.5 Å². The molecule has 2 saturated heterocycles. The molecule has 4 heterocycles. The topological polar surface area (TPSA) is 158 Å². The van der Waals surface area contributed by atoms with Gasteiger partial charge >= 0.3 is 12.2 Å². The van der Waals surface area contributed by atoms with E-state index in [4.69, 9.17) is 19.5 Å². The lowest BCUT2D eigenvalue weighted by molar-refractivity contribution is -0.135. The summed E-state index contributed by atoms with van der Waals surface area (Å²) in [5.41, 5.74) is 13.1. The van der Waals surface area contributed by atoms with Crippen molar-refractivity contribution in [3.63, 3.8) is 0 Å². The predicted octanol–water partition coefficient (Wildman–Crippen LogP) is 8.27. The number of alkyl carbamates (subject to hydrolysis) is 2. The minimum absolute atomic E-state index is 0.102. The number of hydrogen-bond donors (Lipinski definition) is 3. The Bertz CT molecular complexity index is 2600. The number of fused-ring (bicyclic) bond motifs is 4. The molecule has 324 valence electrons. The van der Waals surface area contributed by atoms with Crippen molar-refractivity contribution in [1.29, 1.82) is 0 Å². The van der Waals surface area contributed by atoms with E-state index in [1.54, 1.807) is 0 Å². The second-order valence-electron chi connectivity index (χ2n) is 17.3. The SMILES string of the molecule is COC(=O)N[C@H](C(=O)N1CCC[C@H]1c1ncc(-c2ccc3c(c2)CCc2cc(-c4ccc5c(c4)CC([C@@H]4CCCN4C(=O)[C@H](NC(=O)OC)c4ccccc4)=N5)ccc2-3)[nH]1)C(C)C. The van der Waals surface area contributed by atoms with Crippen molar-refractivity contribution < 1.29 is 28.7 Å². The van der Waals surface area contributed by atoms with Gasteiger partial charge in [-0.15, -0.1) is 0 Å². The van der Waals surface area contributed by atoms with E-state index in [-0.39, 0.29) is 29.8 Å². The number of aromatic amines is 1. The predicted molar refractivity (Wildman–Crippen MR) is 240 cm³/mol. The number of nitrogens with zero attached hydrogens (tertiary/aromatic N) is 4. The highest BCUT2D eigenvalue weighted by Gasteiger charge is 2.40. The molecule has 1 aromatic heterocycles. The van der Waals surface area contributed by atoms with Crippen LogP contribution >= 0.6 is 0 Å². The van der Waals surface area contributed by atoms with E-state index in [2.05, 4.69) is 70.2 Å². The molecule has 0 bridgehead atoms. The van der Waals surface area contributed by atoms with Gasteiger partial charge in [-0.25, -0.2) is 14.6 Å². The third-order valence-electron chi connectivity index (χ3n) is 13.1. The number of carbonyl (C=O) groups is 4. The summed E-state index contributed by atoms with van der Waals surface area (Å²) in [6.45, 7) is 5.03. The van der Waals surface area contributed by atoms with Gasteiger partial charge in [-0.2, -0.15) is 0 Å². The highest BCUT2D eigenvalue weighted by molar-refractivity contribution is 6.01. The number of aryl methyl sites for hydroxylation is 2. The molecule has 0 radical (unpaired) electrons. The summed E-state index contributed by atoms with van der Waals surface area (Å²) >= 11 is 0. The number of ether oxygens (including phenoxy) is 2. The molecule has 4 aromatic carbocycles. The zero-order valence-electron chi connectivity index (χ0n) is 36.1. The van der Waals surface area contributed by atoms with Crippen LogP contribution in [0.15, 0.2) is 96.1 Å². The van der Waals surface area contributed by atoms with E-state index in [0.717, 1.165) is 83.7 Å². The van der Waals surface area contributed by atoms with E-state index in [1.165, 1.54) is 36.5 Å². The smallest absolute Gasteiger partial charge is 0.407 e. The van der Waals surface area contributed by atoms with Crippen LogP contribution in [-0.4, -0.2) is 88.9 Å². The van der Waals surface area contributed by atoms with Gasteiger partial charge in [0.2, 0.25) is 11.8 Å². The first-order valence-electron chi connectivity index (χ1n) is 22.0. The van der Waals surface area contributed by atoms with Crippen LogP contribution in [0.3, 0.4) is 0 Å². The number of benzene rings is 4. The first-order chi connectivity index (χ1) is 30.6. The van der Waals surface area contributed by atoms with Crippen molar-refractivity contribution in [3.05, 3.63) is 119 Å². The largest absolute Gasteiger partial charge is 0.453 e. The van der Waals surface area contributed by atoms with Crippen LogP contribution in [-0.2, 0) is 38.3 Å². The van der Waals surface area contributed by atoms with E-state index < -0.39 is 24.3 Å². The lowest BCUT2D eigenvalue weighted by Gasteiger charge is -2.30. The molecule has 0 unspecified atom stereocenters. The molecule has 0 saturated carbocycles. The van der Waals surface area contributed by atoms with Gasteiger partial charge in [0.05, 0.1) is 43.9 Å². The minimum Gasteiger partial charge on any atom is -0.453 e. The number of aliphatic imine (C=N–C) groups is 1. The molecule has 13 heteroatoms. The molecule has 2 fully saturated rings. The molecule has 3 aliphatic heterocycles. The van der Waals surface area contributed by atoms with E-state index in [9.17, 15) is 19.2 Å². The number of aromatic nitrogens is 2. The summed E-state index contributed by atoms with van der Waals surface area (Å²) in [5, 5.41) is 5.48. The zero-order chi connectivity index (χ0) is 43.8. The summed E-state index contributed by atoms with van der Waals surface area (Å²) in [7, 11) is 2.60. The summed E-state index contributed by atoms with van der Waals surface area (Å²) in [6, 6.07) is 27.2. The first kappa shape index (κ1) is 41.6. The number of nitrogens with one attached hydrogen (secondary N) is 3. The standard InChI is InChI=1S/C50H53N7O6/c1-29(2)44(54-49(60)62-3)47(58)57-23-9-13-43(57)46-51-28-41(53-46)35-17-20-38-34(26-35)15-14-33-24-31(16-19-37(33)38)32-18-21-39-36(25-32)27-40(52-39)42-12-8-22-56(42)48(59)45(55-50(61)63-4)30-10-6-5-7-11-30/h5-7,10-11,16-21,24-26,28-29,42-45H,8-9,12-15,22-23,27H2,1-4H3,(H,51,53)(H,54,60)(H,55,61)/t42-,43-,44-,45+/m0/s1. The molecule has 1 aliphatic carbocycles. The number of H-pyrrole nitrogens is 1. The van der Waals surface area contributed by atoms with E-state index in [1.807, 2.05) is 60.2 Å². The van der Waals surface area contributed by atoms with Crippen molar-refractivity contribution >= 4 is 35.4 Å². The van der Waals surface area contributed by atoms with Gasteiger partial charge < -0.3 is 34.9 Å². The molecule has 63 heavy (non-hydrogen) atoms. The number of likely N-dealkylation sites (tertiary alicyclic amines) is 2. The van der Waals surface area contributed by atoms with Crippen LogP contribution in [0.2, 0.25) is 0 Å². The van der Waals surface area contributed by atoms with Crippen LogP contribution in [0, 0.1) is 5.92 Å². The molecule has 4 amide bonds. The molecule has 4 atom stereocenters. The lowest BCUT2D eigenvalue weighted by atomic mass is 9.83. The Morgan fingerprint density at radius 1 is 0.714 bits per heavy atom. The third kappa shape index (κ3) is 8.19. The Kier molecular flexibility index (Phi) is 11.6. The Morgan fingerprint density at radius 2 is 1.32 bits per heavy atom. The minimum atomic E-state index is -0.852. The monoisotopic (exact) mass is 847 g/mol. The quantitative estimate of drug-likeness (QED) is 0.128. The highest BCUT2D eigenvalue weighted by Crippen LogP contribution is 2.40. The maximum Gasteiger partial charge on any atom is 0.407 e. The summed E-state index contributed by atoms with van der Waals surface area (Å²) in [6.07, 6.45) is 6.42. The number of imidazole rings is 1. The number of hydrogen-bond acceptors (Lipinski definition) is 8. The molecule has 4 aliphatic rings. The fourth-order valence-electron chi connectivity index (χ4n) is 9.84. The number of carbonyl (C=O) groups excluding carboxylic acids is 4. The zero-order valence-corrected chi connectivity index (χ0v) is 36.1. The third-order valence-corrected chi connectivity index (χ3v) is 13.1. The number of rotatable bonds is 10. The molecular weight excluding hydrogens is 795 g/mol. The Balaban J connectivity index is 0.881. The van der Waals surface area contributed by atoms with E-state index in [0.29, 0.717) is 25.1 Å². The highest BCUT2D eigenvalue weighted by atomic mass is 16.5. The fourth-order valence-corrected chi connectivity index (χ4v) is 9.84. The summed E-state index contributed by atoms with van der Waals surface area (Å²) < 4.78 is 9.66. The van der Waals surface area contributed by atoms with Crippen LogP contribution in [0.4, 0.5) is 15.3 Å². The molecule has 3 N–H and O–H groups in total. The second kappa shape index (κ2) is 17.5. The van der Waals surface area contributed by atoms with Crippen molar-refractivity contribution in [2.75, 3.05) is 27.3 Å². The van der Waals surface area contributed by atoms with Gasteiger partial charge in [0.1, 0.15) is 17.9 Å². The first-order valence-corrected chi connectivity index (χ1v) is 22.0. The van der Waals surface area contributed by atoms with Crippen molar-refractivity contribution in [1.82, 2.24) is 30.4 Å². The van der Waals surface area contributed by atoms with Gasteiger partial charge in [-0.1, -0.05) is 80.6 Å². The number of amides is 4. The molecular formula is C50H53N7O6. The van der Waals surface area contributed by atoms with Crippen LogP contribution < -0.4 is 10.6 Å².